The largest absolute Gasteiger partial charge is 0.325 e. The second kappa shape index (κ2) is 6.35. The molecule has 7 nitrogen and oxygen atoms in total. The topological polar surface area (TPSA) is 89.8 Å². The average Bonchev–Trinajstić information content (AvgIpc) is 3.27. The molecule has 1 saturated carbocycles. The number of hydrogen-bond acceptors (Lipinski definition) is 5. The Labute approximate surface area is 130 Å². The third kappa shape index (κ3) is 3.38. The van der Waals surface area contributed by atoms with Gasteiger partial charge < -0.3 is 5.32 Å². The smallest absolute Gasteiger partial charge is 0.239 e. The lowest BCUT2D eigenvalue weighted by molar-refractivity contribution is -0.115. The van der Waals surface area contributed by atoms with Crippen LogP contribution in [0.15, 0.2) is 30.3 Å². The van der Waals surface area contributed by atoms with Gasteiger partial charge in [-0.25, -0.2) is 4.68 Å². The zero-order chi connectivity index (χ0) is 15.5. The summed E-state index contributed by atoms with van der Waals surface area (Å²) in [5.74, 6) is 0.502. The molecule has 8 heteroatoms. The normalized spacial score (nSPS) is 17.0. The van der Waals surface area contributed by atoms with Gasteiger partial charge in [0.25, 0.3) is 0 Å². The number of amides is 1. The van der Waals surface area contributed by atoms with E-state index in [0.29, 0.717) is 17.6 Å². The molecule has 0 bridgehead atoms. The van der Waals surface area contributed by atoms with Gasteiger partial charge in [0.05, 0.1) is 11.8 Å². The maximum Gasteiger partial charge on any atom is 0.239 e. The predicted octanol–water partition coefficient (Wildman–Crippen LogP) is 1.28. The molecule has 1 aliphatic rings. The van der Waals surface area contributed by atoms with Crippen LogP contribution in [0.3, 0.4) is 0 Å². The fraction of sp³-hybridized carbons (Fsp3) is 0.429. The van der Waals surface area contributed by atoms with Crippen LogP contribution in [-0.4, -0.2) is 35.6 Å². The number of anilines is 1. The number of nitrogens with one attached hydrogen (secondary N) is 1. The molecular weight excluding hydrogens is 302 g/mol. The monoisotopic (exact) mass is 319 g/mol. The summed E-state index contributed by atoms with van der Waals surface area (Å²) in [4.78, 5) is 12.2. The van der Waals surface area contributed by atoms with Gasteiger partial charge in [-0.3, -0.25) is 9.00 Å². The molecule has 22 heavy (non-hydrogen) atoms. The summed E-state index contributed by atoms with van der Waals surface area (Å²) in [6.45, 7) is 1.65. The first-order valence-electron chi connectivity index (χ1n) is 7.15. The Morgan fingerprint density at radius 1 is 1.41 bits per heavy atom. The Morgan fingerprint density at radius 3 is 2.82 bits per heavy atom. The quantitative estimate of drug-likeness (QED) is 0.866. The van der Waals surface area contributed by atoms with Crippen molar-refractivity contribution in [1.29, 1.82) is 0 Å². The van der Waals surface area contributed by atoms with Crippen molar-refractivity contribution in [2.75, 3.05) is 5.32 Å². The van der Waals surface area contributed by atoms with Crippen molar-refractivity contribution in [3.8, 4) is 0 Å². The van der Waals surface area contributed by atoms with Gasteiger partial charge in [-0.15, -0.1) is 5.10 Å². The number of rotatable bonds is 6. The molecule has 0 aliphatic heterocycles. The Bertz CT molecular complexity index is 684. The first kappa shape index (κ1) is 14.8. The van der Waals surface area contributed by atoms with E-state index < -0.39 is 16.0 Å². The molecule has 1 fully saturated rings. The highest BCUT2D eigenvalue weighted by Crippen LogP contribution is 2.34. The Morgan fingerprint density at radius 2 is 2.14 bits per heavy atom. The van der Waals surface area contributed by atoms with Crippen molar-refractivity contribution in [2.45, 2.75) is 36.8 Å². The van der Waals surface area contributed by atoms with Gasteiger partial charge >= 0.3 is 0 Å². The second-order valence-electron chi connectivity index (χ2n) is 5.29. The van der Waals surface area contributed by atoms with E-state index in [-0.39, 0.29) is 11.7 Å². The number of nitrogens with zero attached hydrogens (tertiary/aromatic N) is 4. The fourth-order valence-electron chi connectivity index (χ4n) is 2.05. The lowest BCUT2D eigenvalue weighted by Gasteiger charge is -2.12. The molecule has 1 aliphatic carbocycles. The number of para-hydroxylation sites is 1. The van der Waals surface area contributed by atoms with Crippen LogP contribution in [0.4, 0.5) is 5.69 Å². The molecule has 3 rings (SSSR count). The number of carbonyl (C=O) groups is 1. The van der Waals surface area contributed by atoms with E-state index in [1.54, 1.807) is 23.7 Å². The molecule has 0 unspecified atom stereocenters. The van der Waals surface area contributed by atoms with Gasteiger partial charge in [0.2, 0.25) is 5.91 Å². The van der Waals surface area contributed by atoms with Gasteiger partial charge in [0, 0.05) is 16.5 Å². The number of benzene rings is 1. The van der Waals surface area contributed by atoms with Gasteiger partial charge in [0.15, 0.2) is 5.82 Å². The van der Waals surface area contributed by atoms with Gasteiger partial charge in [-0.1, -0.05) is 18.2 Å². The molecule has 2 atom stereocenters. The molecular formula is C14H17N5O2S. The number of tetrazole rings is 1. The highest BCUT2D eigenvalue weighted by molar-refractivity contribution is 7.85. The molecule has 1 N–H and O–H groups in total. The van der Waals surface area contributed by atoms with Crippen LogP contribution in [-0.2, 0) is 21.3 Å². The summed E-state index contributed by atoms with van der Waals surface area (Å²) in [6, 6.07) is 9.45. The predicted molar refractivity (Wildman–Crippen MR) is 82.5 cm³/mol. The van der Waals surface area contributed by atoms with Crippen LogP contribution < -0.4 is 5.32 Å². The second-order valence-corrected chi connectivity index (χ2v) is 7.05. The van der Waals surface area contributed by atoms with Crippen LogP contribution in [0.2, 0.25) is 0 Å². The van der Waals surface area contributed by atoms with Crippen LogP contribution in [0.5, 0.6) is 0 Å². The molecule has 0 spiro atoms. The first-order valence-corrected chi connectivity index (χ1v) is 8.53. The van der Waals surface area contributed by atoms with E-state index >= 15 is 0 Å². The molecule has 1 amide bonds. The van der Waals surface area contributed by atoms with Crippen LogP contribution >= 0.6 is 0 Å². The molecule has 1 aromatic carbocycles. The van der Waals surface area contributed by atoms with Gasteiger partial charge in [-0.2, -0.15) is 0 Å². The van der Waals surface area contributed by atoms with Crippen molar-refractivity contribution in [3.05, 3.63) is 36.2 Å². The molecule has 1 heterocycles. The van der Waals surface area contributed by atoms with Gasteiger partial charge in [-0.05, 0) is 42.3 Å². The highest BCUT2D eigenvalue weighted by atomic mass is 32.2. The third-order valence-electron chi connectivity index (χ3n) is 3.53. The number of carbonyl (C=O) groups excluding carboxylic acids is 1. The van der Waals surface area contributed by atoms with Crippen molar-refractivity contribution >= 4 is 22.4 Å². The first-order chi connectivity index (χ1) is 10.6. The van der Waals surface area contributed by atoms with Crippen LogP contribution in [0, 0.1) is 0 Å². The van der Waals surface area contributed by atoms with Crippen molar-refractivity contribution in [2.24, 2.45) is 0 Å². The Balaban J connectivity index is 1.61. The standard InChI is InChI=1S/C14H17N5O2S/c1-10(14(20)15-11-5-3-2-4-6-11)22(21)9-13-16-17-18-19(13)12-7-8-12/h2-6,10,12H,7-9H2,1H3,(H,15,20)/t10-,22-/m0/s1. The zero-order valence-corrected chi connectivity index (χ0v) is 13.0. The van der Waals surface area contributed by atoms with E-state index in [2.05, 4.69) is 20.8 Å². The number of hydrogen-bond donors (Lipinski definition) is 1. The summed E-state index contributed by atoms with van der Waals surface area (Å²) >= 11 is 0. The van der Waals surface area contributed by atoms with E-state index in [9.17, 15) is 9.00 Å². The van der Waals surface area contributed by atoms with Crippen molar-refractivity contribution in [3.63, 3.8) is 0 Å². The minimum atomic E-state index is -1.37. The van der Waals surface area contributed by atoms with Crippen molar-refractivity contribution < 1.29 is 9.00 Å². The van der Waals surface area contributed by atoms with Crippen LogP contribution in [0.25, 0.3) is 0 Å². The SMILES string of the molecule is C[C@@H](C(=O)Nc1ccccc1)[S@@](=O)Cc1nnnn1C1CC1. The summed E-state index contributed by atoms with van der Waals surface area (Å²) in [6.07, 6.45) is 2.10. The summed E-state index contributed by atoms with van der Waals surface area (Å²) < 4.78 is 14.1. The average molecular weight is 319 g/mol. The molecule has 0 saturated heterocycles. The number of aromatic nitrogens is 4. The lowest BCUT2D eigenvalue weighted by Crippen LogP contribution is -2.30. The summed E-state index contributed by atoms with van der Waals surface area (Å²) in [5, 5.41) is 13.6. The van der Waals surface area contributed by atoms with Gasteiger partial charge in [0.1, 0.15) is 5.25 Å². The maximum absolute atomic E-state index is 12.4. The molecule has 116 valence electrons. The minimum absolute atomic E-state index is 0.187. The lowest BCUT2D eigenvalue weighted by atomic mass is 10.3. The third-order valence-corrected chi connectivity index (χ3v) is 5.08. The van der Waals surface area contributed by atoms with E-state index in [4.69, 9.17) is 0 Å². The zero-order valence-electron chi connectivity index (χ0n) is 12.2. The molecule has 2 aromatic rings. The minimum Gasteiger partial charge on any atom is -0.325 e. The highest BCUT2D eigenvalue weighted by Gasteiger charge is 2.29. The maximum atomic E-state index is 12.4. The van der Waals surface area contributed by atoms with E-state index in [1.165, 1.54) is 0 Å². The summed E-state index contributed by atoms with van der Waals surface area (Å²) in [5.41, 5.74) is 0.694. The Hall–Kier alpha value is -2.09. The Kier molecular flexibility index (Phi) is 4.28. The fourth-order valence-corrected chi connectivity index (χ4v) is 3.04. The molecule has 0 radical (unpaired) electrons. The van der Waals surface area contributed by atoms with E-state index in [0.717, 1.165) is 12.8 Å². The van der Waals surface area contributed by atoms with E-state index in [1.807, 2.05) is 18.2 Å². The van der Waals surface area contributed by atoms with Crippen LogP contribution in [0.1, 0.15) is 31.6 Å². The summed E-state index contributed by atoms with van der Waals surface area (Å²) in [7, 11) is -1.37. The molecule has 1 aromatic heterocycles. The van der Waals surface area contributed by atoms with Crippen molar-refractivity contribution in [1.82, 2.24) is 20.2 Å².